The van der Waals surface area contributed by atoms with Gasteiger partial charge in [0.2, 0.25) is 0 Å². The monoisotopic (exact) mass is 727 g/mol. The van der Waals surface area contributed by atoms with Crippen molar-refractivity contribution in [2.45, 2.75) is 57.8 Å². The maximum atomic E-state index is 6.99. The average Bonchev–Trinajstić information content (AvgIpc) is 3.19. The van der Waals surface area contributed by atoms with Crippen LogP contribution >= 0.6 is 0 Å². The SMILES string of the molecule is CC(C)(C)c1ccc2c(c1)B1c3cc(C(C)(C)C)ccc3Oc3cc(N4c5ccccc5C5(c6ccccc6Oc6ccccc65)c5ccccc54)cc(c31)O2. The zero-order chi connectivity index (χ0) is 38.1. The Balaban J connectivity index is 1.16. The molecule has 0 saturated heterocycles. The number of rotatable bonds is 1. The van der Waals surface area contributed by atoms with E-state index in [-0.39, 0.29) is 17.5 Å². The summed E-state index contributed by atoms with van der Waals surface area (Å²) in [6.45, 7) is 13.6. The highest BCUT2D eigenvalue weighted by Gasteiger charge is 2.51. The molecule has 0 radical (unpaired) electrons. The summed E-state index contributed by atoms with van der Waals surface area (Å²) in [7, 11) is 0. The van der Waals surface area contributed by atoms with Crippen molar-refractivity contribution in [2.24, 2.45) is 0 Å². The van der Waals surface area contributed by atoms with Crippen LogP contribution < -0.4 is 35.5 Å². The fourth-order valence-electron chi connectivity index (χ4n) is 9.65. The van der Waals surface area contributed by atoms with Crippen LogP contribution in [0.1, 0.15) is 74.9 Å². The Bertz CT molecular complexity index is 2610. The van der Waals surface area contributed by atoms with Gasteiger partial charge in [-0.15, -0.1) is 0 Å². The van der Waals surface area contributed by atoms with Crippen LogP contribution in [0.4, 0.5) is 17.1 Å². The lowest BCUT2D eigenvalue weighted by Crippen LogP contribution is -2.57. The summed E-state index contributed by atoms with van der Waals surface area (Å²) in [5.74, 6) is 5.17. The van der Waals surface area contributed by atoms with Gasteiger partial charge in [0, 0.05) is 28.7 Å². The summed E-state index contributed by atoms with van der Waals surface area (Å²) in [6, 6.07) is 52.6. The van der Waals surface area contributed by atoms with E-state index in [4.69, 9.17) is 14.2 Å². The normalized spacial score (nSPS) is 15.1. The van der Waals surface area contributed by atoms with Gasteiger partial charge in [-0.2, -0.15) is 0 Å². The van der Waals surface area contributed by atoms with Crippen LogP contribution in [0.5, 0.6) is 34.5 Å². The first-order valence-electron chi connectivity index (χ1n) is 19.7. The number of hydrogen-bond acceptors (Lipinski definition) is 4. The highest BCUT2D eigenvalue weighted by molar-refractivity contribution is 6.98. The van der Waals surface area contributed by atoms with Crippen LogP contribution in [0, 0.1) is 0 Å². The molecule has 0 aliphatic carbocycles. The van der Waals surface area contributed by atoms with Crippen molar-refractivity contribution in [1.82, 2.24) is 0 Å². The first-order valence-corrected chi connectivity index (χ1v) is 19.7. The number of anilines is 3. The molecule has 5 heteroatoms. The minimum Gasteiger partial charge on any atom is -0.458 e. The molecule has 0 bridgehead atoms. The third kappa shape index (κ3) is 4.54. The second-order valence-electron chi connectivity index (χ2n) is 17.7. The molecular formula is C51H42BNO3. The third-order valence-electron chi connectivity index (χ3n) is 12.3. The standard InChI is InChI=1S/C51H42BNO3/c1-49(2,3)31-23-25-44-38(27-31)52-39-28-32(50(4,5)6)24-26-45(39)56-47-30-33(29-46(55-44)48(47)52)53-40-19-11-7-15-34(40)51(35-16-8-12-20-41(35)53)36-17-9-13-21-42(36)54-43-22-14-10-18-37(43)51/h7-30H,1-6H3. The van der Waals surface area contributed by atoms with Crippen molar-refractivity contribution in [2.75, 3.05) is 4.90 Å². The van der Waals surface area contributed by atoms with Crippen molar-refractivity contribution in [3.05, 3.63) is 179 Å². The van der Waals surface area contributed by atoms with Crippen molar-refractivity contribution in [3.8, 4) is 34.5 Å². The van der Waals surface area contributed by atoms with E-state index in [1.807, 2.05) is 0 Å². The molecule has 11 rings (SSSR count). The van der Waals surface area contributed by atoms with Gasteiger partial charge < -0.3 is 19.1 Å². The average molecular weight is 728 g/mol. The quantitative estimate of drug-likeness (QED) is 0.158. The molecule has 0 aromatic heterocycles. The minimum atomic E-state index is -0.608. The molecule has 7 aromatic rings. The number of hydrogen-bond donors (Lipinski definition) is 0. The van der Waals surface area contributed by atoms with Crippen molar-refractivity contribution < 1.29 is 14.2 Å². The van der Waals surface area contributed by atoms with E-state index in [0.717, 1.165) is 68.1 Å². The summed E-state index contributed by atoms with van der Waals surface area (Å²) in [5.41, 5.74) is 13.2. The third-order valence-corrected chi connectivity index (χ3v) is 12.3. The Labute approximate surface area is 329 Å². The zero-order valence-corrected chi connectivity index (χ0v) is 32.6. The Kier molecular flexibility index (Phi) is 6.77. The zero-order valence-electron chi connectivity index (χ0n) is 32.6. The molecule has 56 heavy (non-hydrogen) atoms. The lowest BCUT2D eigenvalue weighted by Gasteiger charge is -2.48. The summed E-state index contributed by atoms with van der Waals surface area (Å²) in [6.07, 6.45) is 0. The van der Waals surface area contributed by atoms with Gasteiger partial charge in [0.05, 0.1) is 22.5 Å². The lowest BCUT2D eigenvalue weighted by molar-refractivity contribution is 0.434. The summed E-state index contributed by atoms with van der Waals surface area (Å²) < 4.78 is 20.6. The minimum absolute atomic E-state index is 0.0128. The van der Waals surface area contributed by atoms with Gasteiger partial charge in [0.25, 0.3) is 6.71 Å². The van der Waals surface area contributed by atoms with Crippen LogP contribution in [-0.4, -0.2) is 6.71 Å². The molecule has 272 valence electrons. The van der Waals surface area contributed by atoms with Crippen LogP contribution in [-0.2, 0) is 16.2 Å². The van der Waals surface area contributed by atoms with Crippen molar-refractivity contribution in [3.63, 3.8) is 0 Å². The number of ether oxygens (including phenoxy) is 3. The van der Waals surface area contributed by atoms with Crippen LogP contribution in [0.3, 0.4) is 0 Å². The van der Waals surface area contributed by atoms with E-state index in [1.165, 1.54) is 33.2 Å². The topological polar surface area (TPSA) is 30.9 Å². The number of benzene rings is 7. The molecular weight excluding hydrogens is 685 g/mol. The van der Waals surface area contributed by atoms with Crippen molar-refractivity contribution in [1.29, 1.82) is 0 Å². The molecule has 1 spiro atoms. The maximum Gasteiger partial charge on any atom is 0.260 e. The Hall–Kier alpha value is -6.20. The molecule has 0 unspecified atom stereocenters. The van der Waals surface area contributed by atoms with Gasteiger partial charge >= 0.3 is 0 Å². The maximum absolute atomic E-state index is 6.99. The Morgan fingerprint density at radius 2 is 0.839 bits per heavy atom. The van der Waals surface area contributed by atoms with Gasteiger partial charge in [-0.25, -0.2) is 0 Å². The summed E-state index contributed by atoms with van der Waals surface area (Å²) >= 11 is 0. The summed E-state index contributed by atoms with van der Waals surface area (Å²) in [4.78, 5) is 2.39. The van der Waals surface area contributed by atoms with Crippen LogP contribution in [0.15, 0.2) is 146 Å². The molecule has 0 amide bonds. The van der Waals surface area contributed by atoms with Gasteiger partial charge in [-0.05, 0) is 80.4 Å². The molecule has 4 aliphatic heterocycles. The second-order valence-corrected chi connectivity index (χ2v) is 17.7. The molecule has 4 aliphatic rings. The molecule has 4 nitrogen and oxygen atoms in total. The van der Waals surface area contributed by atoms with E-state index in [1.54, 1.807) is 0 Å². The molecule has 0 saturated carbocycles. The largest absolute Gasteiger partial charge is 0.458 e. The first-order chi connectivity index (χ1) is 27.0. The van der Waals surface area contributed by atoms with E-state index in [2.05, 4.69) is 192 Å². The first kappa shape index (κ1) is 33.2. The van der Waals surface area contributed by atoms with Gasteiger partial charge in [-0.3, -0.25) is 0 Å². The van der Waals surface area contributed by atoms with E-state index in [0.29, 0.717) is 0 Å². The fraction of sp³-hybridized carbons (Fsp3) is 0.176. The molecule has 4 heterocycles. The fourth-order valence-corrected chi connectivity index (χ4v) is 9.65. The van der Waals surface area contributed by atoms with Crippen molar-refractivity contribution >= 4 is 40.2 Å². The predicted molar refractivity (Wildman–Crippen MR) is 228 cm³/mol. The lowest BCUT2D eigenvalue weighted by atomic mass is 9.34. The van der Waals surface area contributed by atoms with E-state index < -0.39 is 5.41 Å². The van der Waals surface area contributed by atoms with Crippen LogP contribution in [0.25, 0.3) is 0 Å². The smallest absolute Gasteiger partial charge is 0.260 e. The van der Waals surface area contributed by atoms with E-state index in [9.17, 15) is 0 Å². The molecule has 7 aromatic carbocycles. The van der Waals surface area contributed by atoms with Gasteiger partial charge in [-0.1, -0.05) is 139 Å². The molecule has 0 N–H and O–H groups in total. The van der Waals surface area contributed by atoms with Crippen LogP contribution in [0.2, 0.25) is 0 Å². The predicted octanol–water partition coefficient (Wildman–Crippen LogP) is 11.3. The number of para-hydroxylation sites is 4. The highest BCUT2D eigenvalue weighted by atomic mass is 16.5. The number of nitrogens with zero attached hydrogens (tertiary/aromatic N) is 1. The van der Waals surface area contributed by atoms with E-state index >= 15 is 0 Å². The highest BCUT2D eigenvalue weighted by Crippen LogP contribution is 2.63. The Morgan fingerprint density at radius 3 is 1.30 bits per heavy atom. The molecule has 0 fully saturated rings. The van der Waals surface area contributed by atoms with Gasteiger partial charge in [0.15, 0.2) is 0 Å². The van der Waals surface area contributed by atoms with Gasteiger partial charge in [0.1, 0.15) is 34.5 Å². The summed E-state index contributed by atoms with van der Waals surface area (Å²) in [5, 5.41) is 0. The Morgan fingerprint density at radius 1 is 0.429 bits per heavy atom. The second kappa shape index (κ2) is 11.4. The molecule has 0 atom stereocenters. The number of fused-ring (bicyclic) bond motifs is 12.